The van der Waals surface area contributed by atoms with Gasteiger partial charge in [-0.25, -0.2) is 4.98 Å². The Balaban J connectivity index is 1.51. The zero-order valence-electron chi connectivity index (χ0n) is 14.9. The van der Waals surface area contributed by atoms with Gasteiger partial charge in [0.25, 0.3) is 0 Å². The maximum atomic E-state index is 13.1. The topological polar surface area (TPSA) is 80.5 Å². The van der Waals surface area contributed by atoms with Crippen molar-refractivity contribution in [1.29, 1.82) is 0 Å². The van der Waals surface area contributed by atoms with Gasteiger partial charge in [0, 0.05) is 25.7 Å². The molecule has 0 bridgehead atoms. The number of nitrogen functional groups attached to an aromatic ring is 1. The van der Waals surface area contributed by atoms with Crippen molar-refractivity contribution < 1.29 is 9.53 Å². The van der Waals surface area contributed by atoms with Crippen LogP contribution in [0, 0.1) is 12.3 Å². The predicted octanol–water partition coefficient (Wildman–Crippen LogP) is 1.85. The van der Waals surface area contributed by atoms with Gasteiger partial charge in [-0.05, 0) is 24.6 Å². The number of carbonyl (C=O) groups is 1. The fourth-order valence-electron chi connectivity index (χ4n) is 3.58. The van der Waals surface area contributed by atoms with Crippen molar-refractivity contribution >= 4 is 17.4 Å². The lowest BCUT2D eigenvalue weighted by Crippen LogP contribution is -2.68. The molecule has 26 heavy (non-hydrogen) atoms. The third kappa shape index (κ3) is 3.24. The van der Waals surface area contributed by atoms with Crippen LogP contribution in [0.25, 0.3) is 0 Å². The molecule has 6 heteroatoms. The van der Waals surface area contributed by atoms with E-state index in [2.05, 4.69) is 41.5 Å². The third-order valence-electron chi connectivity index (χ3n) is 5.19. The highest BCUT2D eigenvalue weighted by Crippen LogP contribution is 2.38. The number of pyridine rings is 1. The van der Waals surface area contributed by atoms with Crippen LogP contribution < -0.4 is 11.1 Å². The van der Waals surface area contributed by atoms with Gasteiger partial charge in [-0.1, -0.05) is 29.8 Å². The lowest BCUT2D eigenvalue weighted by Gasteiger charge is -2.55. The number of likely N-dealkylation sites (tertiary alicyclic amines) is 1. The molecule has 2 aliphatic heterocycles. The normalized spacial score (nSPS) is 18.7. The van der Waals surface area contributed by atoms with Crippen molar-refractivity contribution in [3.8, 4) is 0 Å². The number of rotatable bonds is 5. The number of carbonyl (C=O) groups excluding carboxylic acids is 1. The van der Waals surface area contributed by atoms with Gasteiger partial charge in [-0.15, -0.1) is 0 Å². The molecule has 0 unspecified atom stereocenters. The first-order valence-electron chi connectivity index (χ1n) is 8.94. The minimum atomic E-state index is -0.395. The summed E-state index contributed by atoms with van der Waals surface area (Å²) in [5, 5.41) is 3.26. The number of benzene rings is 1. The minimum absolute atomic E-state index is 0.0909. The molecule has 6 nitrogen and oxygen atoms in total. The van der Waals surface area contributed by atoms with Gasteiger partial charge in [0.15, 0.2) is 0 Å². The highest BCUT2D eigenvalue weighted by Gasteiger charge is 2.51. The average molecular weight is 352 g/mol. The Morgan fingerprint density at radius 2 is 2.04 bits per heavy atom. The van der Waals surface area contributed by atoms with E-state index in [0.29, 0.717) is 17.9 Å². The lowest BCUT2D eigenvalue weighted by atomic mass is 9.77. The Hall–Kier alpha value is -2.60. The van der Waals surface area contributed by atoms with Gasteiger partial charge in [0.1, 0.15) is 11.9 Å². The number of aromatic nitrogens is 1. The van der Waals surface area contributed by atoms with Crippen LogP contribution in [0.1, 0.15) is 11.1 Å². The van der Waals surface area contributed by atoms with Gasteiger partial charge >= 0.3 is 0 Å². The Kier molecular flexibility index (Phi) is 4.28. The highest BCUT2D eigenvalue weighted by molar-refractivity contribution is 5.86. The zero-order chi connectivity index (χ0) is 18.1. The van der Waals surface area contributed by atoms with Crippen LogP contribution in [-0.2, 0) is 16.0 Å². The second-order valence-electron chi connectivity index (χ2n) is 7.51. The molecule has 2 aromatic rings. The Labute approximate surface area is 153 Å². The third-order valence-corrected chi connectivity index (χ3v) is 5.19. The first kappa shape index (κ1) is 16.8. The van der Waals surface area contributed by atoms with E-state index in [-0.39, 0.29) is 11.3 Å². The van der Waals surface area contributed by atoms with E-state index in [4.69, 9.17) is 10.5 Å². The summed E-state index contributed by atoms with van der Waals surface area (Å²) in [7, 11) is 0. The second-order valence-corrected chi connectivity index (χ2v) is 7.51. The Morgan fingerprint density at radius 1 is 1.31 bits per heavy atom. The summed E-state index contributed by atoms with van der Waals surface area (Å²) in [6.45, 7) is 5.13. The number of nitrogens with one attached hydrogen (secondary N) is 1. The molecule has 3 N–H and O–H groups in total. The molecular weight excluding hydrogens is 328 g/mol. The van der Waals surface area contributed by atoms with E-state index in [1.165, 1.54) is 5.56 Å². The van der Waals surface area contributed by atoms with Crippen molar-refractivity contribution in [2.75, 3.05) is 37.4 Å². The second kappa shape index (κ2) is 6.61. The van der Waals surface area contributed by atoms with Gasteiger partial charge in [0.2, 0.25) is 5.91 Å². The molecule has 4 rings (SSSR count). The average Bonchev–Trinajstić information content (AvgIpc) is 2.55. The zero-order valence-corrected chi connectivity index (χ0v) is 14.9. The van der Waals surface area contributed by atoms with E-state index in [0.717, 1.165) is 31.9 Å². The number of amides is 1. The summed E-state index contributed by atoms with van der Waals surface area (Å²) in [6, 6.07) is 11.4. The first-order chi connectivity index (χ1) is 12.5. The molecule has 2 aliphatic rings. The fourth-order valence-corrected chi connectivity index (χ4v) is 3.58. The molecule has 1 aromatic heterocycles. The molecule has 0 saturated carbocycles. The molecule has 1 aromatic carbocycles. The number of hydrogen-bond acceptors (Lipinski definition) is 5. The van der Waals surface area contributed by atoms with E-state index >= 15 is 0 Å². The van der Waals surface area contributed by atoms with Crippen LogP contribution in [0.4, 0.5) is 11.5 Å². The summed E-state index contributed by atoms with van der Waals surface area (Å²) < 4.78 is 5.31. The standard InChI is InChI=1S/C20H24N4O2/c1-14-4-6-15(7-5-14)9-17(23-18-16(21)3-2-8-22-18)19(25)24-10-20(11-24)12-26-13-20/h2-8,17H,9-13,21H2,1H3,(H,22,23)/t17-/m0/s1. The van der Waals surface area contributed by atoms with Crippen LogP contribution >= 0.6 is 0 Å². The van der Waals surface area contributed by atoms with E-state index < -0.39 is 6.04 Å². The SMILES string of the molecule is Cc1ccc(C[C@H](Nc2ncccc2N)C(=O)N2CC3(COC3)C2)cc1. The van der Waals surface area contributed by atoms with Crippen molar-refractivity contribution in [1.82, 2.24) is 9.88 Å². The van der Waals surface area contributed by atoms with Crippen molar-refractivity contribution in [2.24, 2.45) is 5.41 Å². The predicted molar refractivity (Wildman–Crippen MR) is 101 cm³/mol. The van der Waals surface area contributed by atoms with Gasteiger partial charge in [-0.2, -0.15) is 0 Å². The Bertz CT molecular complexity index is 794. The van der Waals surface area contributed by atoms with Crippen molar-refractivity contribution in [2.45, 2.75) is 19.4 Å². The summed E-state index contributed by atoms with van der Waals surface area (Å²) in [5.41, 5.74) is 9.07. The van der Waals surface area contributed by atoms with E-state index in [1.54, 1.807) is 18.3 Å². The molecule has 0 aliphatic carbocycles. The molecule has 2 fully saturated rings. The highest BCUT2D eigenvalue weighted by atomic mass is 16.5. The first-order valence-corrected chi connectivity index (χ1v) is 8.94. The van der Waals surface area contributed by atoms with Gasteiger partial charge in [0.05, 0.1) is 24.3 Å². The molecule has 2 saturated heterocycles. The van der Waals surface area contributed by atoms with Crippen molar-refractivity contribution in [3.05, 3.63) is 53.7 Å². The quantitative estimate of drug-likeness (QED) is 0.858. The van der Waals surface area contributed by atoms with Gasteiger partial charge < -0.3 is 20.7 Å². The number of aryl methyl sites for hydroxylation is 1. The number of nitrogens with zero attached hydrogens (tertiary/aromatic N) is 2. The van der Waals surface area contributed by atoms with E-state index in [1.807, 2.05) is 4.90 Å². The molecule has 3 heterocycles. The fraction of sp³-hybridized carbons (Fsp3) is 0.400. The van der Waals surface area contributed by atoms with Gasteiger partial charge in [-0.3, -0.25) is 4.79 Å². The monoisotopic (exact) mass is 352 g/mol. The number of hydrogen-bond donors (Lipinski definition) is 2. The maximum Gasteiger partial charge on any atom is 0.245 e. The molecule has 1 atom stereocenters. The summed E-state index contributed by atoms with van der Waals surface area (Å²) in [6.07, 6.45) is 2.27. The lowest BCUT2D eigenvalue weighted by molar-refractivity contribution is -0.195. The van der Waals surface area contributed by atoms with Crippen LogP contribution in [0.5, 0.6) is 0 Å². The van der Waals surface area contributed by atoms with Crippen LogP contribution in [0.3, 0.4) is 0 Å². The van der Waals surface area contributed by atoms with Crippen molar-refractivity contribution in [3.63, 3.8) is 0 Å². The minimum Gasteiger partial charge on any atom is -0.396 e. The molecule has 0 radical (unpaired) electrons. The summed E-state index contributed by atoms with van der Waals surface area (Å²) >= 11 is 0. The molecule has 1 spiro atoms. The van der Waals surface area contributed by atoms with E-state index in [9.17, 15) is 4.79 Å². The smallest absolute Gasteiger partial charge is 0.245 e. The number of ether oxygens (including phenoxy) is 1. The largest absolute Gasteiger partial charge is 0.396 e. The molecule has 1 amide bonds. The maximum absolute atomic E-state index is 13.1. The summed E-state index contributed by atoms with van der Waals surface area (Å²) in [4.78, 5) is 19.3. The number of nitrogens with two attached hydrogens (primary N) is 1. The van der Waals surface area contributed by atoms with Crippen LogP contribution in [0.2, 0.25) is 0 Å². The Morgan fingerprint density at radius 3 is 2.65 bits per heavy atom. The molecular formula is C20H24N4O2. The molecule has 136 valence electrons. The van der Waals surface area contributed by atoms with Crippen LogP contribution in [-0.4, -0.2) is 48.1 Å². The number of anilines is 2. The van der Waals surface area contributed by atoms with Crippen LogP contribution in [0.15, 0.2) is 42.6 Å². The summed E-state index contributed by atoms with van der Waals surface area (Å²) in [5.74, 6) is 0.647.